The zero-order valence-electron chi connectivity index (χ0n) is 14.2. The van der Waals surface area contributed by atoms with E-state index in [0.29, 0.717) is 28.1 Å². The summed E-state index contributed by atoms with van der Waals surface area (Å²) >= 11 is 1.09. The van der Waals surface area contributed by atoms with Crippen LogP contribution in [-0.4, -0.2) is 26.8 Å². The number of H-pyrrole nitrogens is 1. The summed E-state index contributed by atoms with van der Waals surface area (Å²) in [6.07, 6.45) is 0.0778. The van der Waals surface area contributed by atoms with Crippen molar-refractivity contribution in [1.29, 1.82) is 0 Å². The minimum absolute atomic E-state index is 0.0778. The second-order valence-corrected chi connectivity index (χ2v) is 6.88. The first-order valence-corrected chi connectivity index (χ1v) is 9.04. The normalized spacial score (nSPS) is 16.3. The van der Waals surface area contributed by atoms with Crippen molar-refractivity contribution in [2.24, 2.45) is 0 Å². The lowest BCUT2D eigenvalue weighted by Crippen LogP contribution is -2.26. The quantitative estimate of drug-likeness (QED) is 0.425. The van der Waals surface area contributed by atoms with Crippen LogP contribution in [0, 0.1) is 0 Å². The molecule has 0 unspecified atom stereocenters. The molecule has 7 nitrogen and oxygen atoms in total. The first-order valence-electron chi connectivity index (χ1n) is 8.31. The number of fused-ring (bicyclic) bond motifs is 4. The van der Waals surface area contributed by atoms with E-state index in [-0.39, 0.29) is 17.9 Å². The Morgan fingerprint density at radius 3 is 2.93 bits per heavy atom. The molecule has 0 spiro atoms. The Labute approximate surface area is 156 Å². The molecule has 5 rings (SSSR count). The number of ether oxygens (including phenoxy) is 2. The number of carbonyl (C=O) groups is 1. The van der Waals surface area contributed by atoms with Crippen molar-refractivity contribution >= 4 is 39.6 Å². The molecule has 0 aliphatic carbocycles. The van der Waals surface area contributed by atoms with Gasteiger partial charge in [0.05, 0.1) is 30.8 Å². The van der Waals surface area contributed by atoms with Gasteiger partial charge in [-0.1, -0.05) is 0 Å². The van der Waals surface area contributed by atoms with E-state index < -0.39 is 5.92 Å². The van der Waals surface area contributed by atoms with Gasteiger partial charge in [-0.05, 0) is 35.7 Å². The highest BCUT2D eigenvalue weighted by molar-refractivity contribution is 7.00. The third kappa shape index (κ3) is 2.48. The third-order valence-corrected chi connectivity index (χ3v) is 5.37. The molecule has 4 aromatic rings. The van der Waals surface area contributed by atoms with E-state index in [0.717, 1.165) is 28.2 Å². The van der Waals surface area contributed by atoms with E-state index in [4.69, 9.17) is 9.47 Å². The Morgan fingerprint density at radius 2 is 2.07 bits per heavy atom. The van der Waals surface area contributed by atoms with Gasteiger partial charge in [0.1, 0.15) is 22.5 Å². The fraction of sp³-hybridized carbons (Fsp3) is 0.158. The van der Waals surface area contributed by atoms with E-state index in [1.807, 2.05) is 18.2 Å². The second kappa shape index (κ2) is 5.88. The van der Waals surface area contributed by atoms with Crippen LogP contribution in [0.2, 0.25) is 0 Å². The van der Waals surface area contributed by atoms with Gasteiger partial charge in [0, 0.05) is 23.1 Å². The van der Waals surface area contributed by atoms with Crippen LogP contribution in [-0.2, 0) is 4.79 Å². The molecule has 1 atom stereocenters. The lowest BCUT2D eigenvalue weighted by Gasteiger charge is -2.24. The average Bonchev–Trinajstić information content (AvgIpc) is 3.15. The molecule has 1 aliphatic heterocycles. The SMILES string of the molecule is COc1ccc2cc([C@H]3CC(=O)Oc4ccc5nsnc5c43)c(=O)[nH]c2c1. The number of carbonyl (C=O) groups excluding carboxylic acids is 1. The number of aromatic amines is 1. The Morgan fingerprint density at radius 1 is 1.19 bits per heavy atom. The number of benzene rings is 2. The molecule has 0 amide bonds. The van der Waals surface area contributed by atoms with Gasteiger partial charge < -0.3 is 14.5 Å². The number of nitrogens with one attached hydrogen (secondary N) is 1. The summed E-state index contributed by atoms with van der Waals surface area (Å²) in [7, 11) is 1.57. The molecule has 0 radical (unpaired) electrons. The van der Waals surface area contributed by atoms with E-state index in [9.17, 15) is 9.59 Å². The standard InChI is InChI=1S/C19H13N3O4S/c1-25-10-3-2-9-6-12(19(24)20-14(9)7-10)11-8-16(23)26-15-5-4-13-18(17(11)15)22-27-21-13/h2-7,11H,8H2,1H3,(H,20,24)/t11-/m1/s1. The fourth-order valence-corrected chi connectivity index (χ4v) is 4.11. The lowest BCUT2D eigenvalue weighted by molar-refractivity contribution is -0.135. The van der Waals surface area contributed by atoms with Gasteiger partial charge in [0.15, 0.2) is 0 Å². The first kappa shape index (κ1) is 16.0. The van der Waals surface area contributed by atoms with Gasteiger partial charge in [-0.2, -0.15) is 8.75 Å². The molecule has 0 bridgehead atoms. The summed E-state index contributed by atoms with van der Waals surface area (Å²) in [5, 5.41) is 0.856. The first-order chi connectivity index (χ1) is 13.1. The predicted octanol–water partition coefficient (Wildman–Crippen LogP) is 2.98. The summed E-state index contributed by atoms with van der Waals surface area (Å²) in [4.78, 5) is 27.9. The molecule has 134 valence electrons. The molecule has 27 heavy (non-hydrogen) atoms. The summed E-state index contributed by atoms with van der Waals surface area (Å²) in [6.45, 7) is 0. The predicted molar refractivity (Wildman–Crippen MR) is 101 cm³/mol. The van der Waals surface area contributed by atoms with Gasteiger partial charge in [-0.3, -0.25) is 9.59 Å². The summed E-state index contributed by atoms with van der Waals surface area (Å²) in [5.41, 5.74) is 3.06. The number of rotatable bonds is 2. The van der Waals surface area contributed by atoms with Crippen LogP contribution in [0.3, 0.4) is 0 Å². The summed E-state index contributed by atoms with van der Waals surface area (Å²) in [6, 6.07) is 10.8. The molecule has 3 heterocycles. The van der Waals surface area contributed by atoms with Gasteiger partial charge in [0.2, 0.25) is 0 Å². The van der Waals surface area contributed by atoms with Crippen LogP contribution in [0.25, 0.3) is 21.9 Å². The zero-order valence-corrected chi connectivity index (χ0v) is 15.0. The molecule has 8 heteroatoms. The van der Waals surface area contributed by atoms with Crippen molar-refractivity contribution in [1.82, 2.24) is 13.7 Å². The fourth-order valence-electron chi connectivity index (χ4n) is 3.56. The highest BCUT2D eigenvalue weighted by Crippen LogP contribution is 2.41. The maximum absolute atomic E-state index is 12.8. The Kier molecular flexibility index (Phi) is 3.48. The molecular formula is C19H13N3O4S. The van der Waals surface area contributed by atoms with Gasteiger partial charge in [-0.15, -0.1) is 0 Å². The van der Waals surface area contributed by atoms with Crippen molar-refractivity contribution < 1.29 is 14.3 Å². The van der Waals surface area contributed by atoms with E-state index >= 15 is 0 Å². The number of pyridine rings is 1. The van der Waals surface area contributed by atoms with Crippen molar-refractivity contribution in [2.75, 3.05) is 7.11 Å². The largest absolute Gasteiger partial charge is 0.497 e. The highest BCUT2D eigenvalue weighted by atomic mass is 32.1. The Bertz CT molecular complexity index is 1280. The van der Waals surface area contributed by atoms with Crippen molar-refractivity contribution in [3.63, 3.8) is 0 Å². The van der Waals surface area contributed by atoms with Crippen molar-refractivity contribution in [3.05, 3.63) is 57.9 Å². The number of aromatic nitrogens is 3. The van der Waals surface area contributed by atoms with Crippen LogP contribution in [0.4, 0.5) is 0 Å². The molecule has 2 aromatic carbocycles. The van der Waals surface area contributed by atoms with Crippen molar-refractivity contribution in [3.8, 4) is 11.5 Å². The molecule has 0 saturated carbocycles. The minimum Gasteiger partial charge on any atom is -0.497 e. The van der Waals surface area contributed by atoms with Crippen LogP contribution in [0.15, 0.2) is 41.2 Å². The summed E-state index contributed by atoms with van der Waals surface area (Å²) < 4.78 is 19.2. The molecule has 2 aromatic heterocycles. The molecule has 1 aliphatic rings. The van der Waals surface area contributed by atoms with Gasteiger partial charge in [-0.25, -0.2) is 0 Å². The topological polar surface area (TPSA) is 94.2 Å². The highest BCUT2D eigenvalue weighted by Gasteiger charge is 2.33. The van der Waals surface area contributed by atoms with Gasteiger partial charge >= 0.3 is 5.97 Å². The van der Waals surface area contributed by atoms with E-state index in [1.165, 1.54) is 0 Å². The maximum Gasteiger partial charge on any atom is 0.312 e. The maximum atomic E-state index is 12.8. The van der Waals surface area contributed by atoms with Gasteiger partial charge in [0.25, 0.3) is 5.56 Å². The number of esters is 1. The average molecular weight is 379 g/mol. The number of methoxy groups -OCH3 is 1. The van der Waals surface area contributed by atoms with Crippen molar-refractivity contribution in [2.45, 2.75) is 12.3 Å². The summed E-state index contributed by atoms with van der Waals surface area (Å²) in [5.74, 6) is 0.284. The second-order valence-electron chi connectivity index (χ2n) is 6.35. The monoisotopic (exact) mass is 379 g/mol. The third-order valence-electron chi connectivity index (χ3n) is 4.83. The Hall–Kier alpha value is -3.26. The number of hydrogen-bond donors (Lipinski definition) is 1. The molecule has 1 N–H and O–H groups in total. The van der Waals surface area contributed by atoms with Crippen LogP contribution < -0.4 is 15.0 Å². The smallest absolute Gasteiger partial charge is 0.312 e. The minimum atomic E-state index is -0.441. The van der Waals surface area contributed by atoms with E-state index in [1.54, 1.807) is 25.3 Å². The number of hydrogen-bond acceptors (Lipinski definition) is 7. The van der Waals surface area contributed by atoms with Crippen LogP contribution in [0.1, 0.15) is 23.5 Å². The van der Waals surface area contributed by atoms with Crippen LogP contribution >= 0.6 is 11.7 Å². The molecule has 0 saturated heterocycles. The van der Waals surface area contributed by atoms with E-state index in [2.05, 4.69) is 13.7 Å². The molecular weight excluding hydrogens is 366 g/mol. The number of nitrogens with zero attached hydrogens (tertiary/aromatic N) is 2. The lowest BCUT2D eigenvalue weighted by atomic mass is 9.85. The molecule has 0 fully saturated rings. The zero-order chi connectivity index (χ0) is 18.5. The van der Waals surface area contributed by atoms with Crippen LogP contribution in [0.5, 0.6) is 11.5 Å². The Balaban J connectivity index is 1.75.